The second-order valence-corrected chi connectivity index (χ2v) is 8.97. The van der Waals surface area contributed by atoms with Crippen LogP contribution in [-0.4, -0.2) is 8.42 Å². The number of hydrogen-bond donors (Lipinski definition) is 1. The Hall–Kier alpha value is -2.66. The fourth-order valence-corrected chi connectivity index (χ4v) is 3.88. The minimum absolute atomic E-state index is 0.00602. The third-order valence-electron chi connectivity index (χ3n) is 4.05. The zero-order chi connectivity index (χ0) is 23.0. The predicted molar refractivity (Wildman–Crippen MR) is 108 cm³/mol. The lowest BCUT2D eigenvalue weighted by molar-refractivity contribution is -0.138. The molecule has 0 bridgehead atoms. The Balaban J connectivity index is 1.91. The third-order valence-corrected chi connectivity index (χ3v) is 6.10. The van der Waals surface area contributed by atoms with Gasteiger partial charge in [-0.3, -0.25) is 4.72 Å². The van der Waals surface area contributed by atoms with Crippen LogP contribution in [0.25, 0.3) is 0 Å². The standard InChI is InChI=1S/C20H13BrF5NO3S/c1-11-2-5-14(6-3-11)31(28,29)27-13-4-7-15(21)18(10-13)30-19-16(22)8-12(9-17(19)23)20(24,25)26/h2-10,27H,1H3. The lowest BCUT2D eigenvalue weighted by Gasteiger charge is -2.14. The number of ether oxygens (including phenoxy) is 1. The summed E-state index contributed by atoms with van der Waals surface area (Å²) in [4.78, 5) is -0.0108. The minimum atomic E-state index is -4.94. The first-order valence-electron chi connectivity index (χ1n) is 8.50. The average Bonchev–Trinajstić information content (AvgIpc) is 2.66. The number of anilines is 1. The SMILES string of the molecule is Cc1ccc(S(=O)(=O)Nc2ccc(Br)c(Oc3c(F)cc(C(F)(F)F)cc3F)c2)cc1. The molecular formula is C20H13BrF5NO3S. The summed E-state index contributed by atoms with van der Waals surface area (Å²) in [6.45, 7) is 1.79. The number of hydrogen-bond acceptors (Lipinski definition) is 3. The molecule has 0 heterocycles. The van der Waals surface area contributed by atoms with Crippen molar-refractivity contribution in [3.8, 4) is 11.5 Å². The van der Waals surface area contributed by atoms with Crippen molar-refractivity contribution in [2.24, 2.45) is 0 Å². The van der Waals surface area contributed by atoms with Crippen molar-refractivity contribution in [3.05, 3.63) is 81.8 Å². The Morgan fingerprint density at radius 3 is 2.06 bits per heavy atom. The second-order valence-electron chi connectivity index (χ2n) is 6.43. The molecule has 164 valence electrons. The van der Waals surface area contributed by atoms with Crippen LogP contribution in [0.3, 0.4) is 0 Å². The van der Waals surface area contributed by atoms with Gasteiger partial charge in [0.25, 0.3) is 10.0 Å². The number of benzene rings is 3. The van der Waals surface area contributed by atoms with Crippen molar-refractivity contribution in [1.29, 1.82) is 0 Å². The summed E-state index contributed by atoms with van der Waals surface area (Å²) >= 11 is 3.09. The highest BCUT2D eigenvalue weighted by molar-refractivity contribution is 9.10. The van der Waals surface area contributed by atoms with Gasteiger partial charge in [-0.15, -0.1) is 0 Å². The second kappa shape index (κ2) is 8.46. The van der Waals surface area contributed by atoms with Crippen LogP contribution < -0.4 is 9.46 Å². The molecule has 0 saturated carbocycles. The summed E-state index contributed by atoms with van der Waals surface area (Å²) < 4.78 is 98.9. The quantitative estimate of drug-likeness (QED) is 0.382. The van der Waals surface area contributed by atoms with Gasteiger partial charge in [0.2, 0.25) is 0 Å². The van der Waals surface area contributed by atoms with Gasteiger partial charge in [-0.1, -0.05) is 17.7 Å². The average molecular weight is 522 g/mol. The molecule has 0 aliphatic carbocycles. The fourth-order valence-electron chi connectivity index (χ4n) is 2.51. The Morgan fingerprint density at radius 2 is 1.52 bits per heavy atom. The van der Waals surface area contributed by atoms with E-state index in [9.17, 15) is 30.4 Å². The van der Waals surface area contributed by atoms with Gasteiger partial charge in [-0.25, -0.2) is 17.2 Å². The van der Waals surface area contributed by atoms with Gasteiger partial charge < -0.3 is 4.74 Å². The van der Waals surface area contributed by atoms with E-state index in [1.807, 2.05) is 0 Å². The van der Waals surface area contributed by atoms with Crippen molar-refractivity contribution in [2.75, 3.05) is 4.72 Å². The smallest absolute Gasteiger partial charge is 0.416 e. The zero-order valence-corrected chi connectivity index (χ0v) is 18.0. The Labute approximate surface area is 182 Å². The number of halogens is 6. The van der Waals surface area contributed by atoms with Gasteiger partial charge in [0, 0.05) is 6.07 Å². The van der Waals surface area contributed by atoms with E-state index in [0.29, 0.717) is 0 Å². The summed E-state index contributed by atoms with van der Waals surface area (Å²) in [6, 6.07) is 10.1. The Morgan fingerprint density at radius 1 is 0.935 bits per heavy atom. The van der Waals surface area contributed by atoms with E-state index in [1.54, 1.807) is 19.1 Å². The number of rotatable bonds is 5. The number of alkyl halides is 3. The molecule has 0 spiro atoms. The number of aryl methyl sites for hydroxylation is 1. The highest BCUT2D eigenvalue weighted by atomic mass is 79.9. The molecule has 0 aliphatic rings. The first kappa shape index (κ1) is 23.0. The van der Waals surface area contributed by atoms with Crippen molar-refractivity contribution in [3.63, 3.8) is 0 Å². The highest BCUT2D eigenvalue weighted by Crippen LogP contribution is 2.38. The van der Waals surface area contributed by atoms with Crippen LogP contribution in [0.5, 0.6) is 11.5 Å². The Bertz CT molecular complexity index is 1210. The zero-order valence-electron chi connectivity index (χ0n) is 15.6. The van der Waals surface area contributed by atoms with Crippen molar-refractivity contribution in [2.45, 2.75) is 18.0 Å². The van der Waals surface area contributed by atoms with Crippen LogP contribution in [0, 0.1) is 18.6 Å². The third kappa shape index (κ3) is 5.34. The summed E-state index contributed by atoms with van der Waals surface area (Å²) in [5.74, 6) is -4.41. The lowest BCUT2D eigenvalue weighted by atomic mass is 10.2. The van der Waals surface area contributed by atoms with Gasteiger partial charge in [0.1, 0.15) is 5.75 Å². The molecule has 31 heavy (non-hydrogen) atoms. The van der Waals surface area contributed by atoms with Gasteiger partial charge >= 0.3 is 6.18 Å². The van der Waals surface area contributed by atoms with E-state index in [2.05, 4.69) is 20.7 Å². The van der Waals surface area contributed by atoms with E-state index in [1.165, 1.54) is 24.3 Å². The summed E-state index contributed by atoms with van der Waals surface area (Å²) in [5, 5.41) is 0. The molecule has 0 radical (unpaired) electrons. The van der Waals surface area contributed by atoms with Gasteiger partial charge in [0.15, 0.2) is 17.4 Å². The normalized spacial score (nSPS) is 12.0. The molecule has 4 nitrogen and oxygen atoms in total. The molecule has 0 aliphatic heterocycles. The Kier molecular flexibility index (Phi) is 6.28. The highest BCUT2D eigenvalue weighted by Gasteiger charge is 2.33. The lowest BCUT2D eigenvalue weighted by Crippen LogP contribution is -2.13. The molecule has 3 rings (SSSR count). The van der Waals surface area contributed by atoms with E-state index in [4.69, 9.17) is 4.74 Å². The first-order chi connectivity index (χ1) is 14.4. The molecule has 1 N–H and O–H groups in total. The van der Waals surface area contributed by atoms with Crippen LogP contribution in [0.2, 0.25) is 0 Å². The molecule has 0 saturated heterocycles. The van der Waals surface area contributed by atoms with E-state index in [0.717, 1.165) is 11.6 Å². The molecule has 0 fully saturated rings. The summed E-state index contributed by atoms with van der Waals surface area (Å²) in [6.07, 6.45) is -4.94. The topological polar surface area (TPSA) is 55.4 Å². The monoisotopic (exact) mass is 521 g/mol. The molecule has 3 aromatic rings. The fraction of sp³-hybridized carbons (Fsp3) is 0.100. The predicted octanol–water partition coefficient (Wildman–Crippen LogP) is 6.65. The van der Waals surface area contributed by atoms with E-state index < -0.39 is 39.1 Å². The maximum Gasteiger partial charge on any atom is 0.416 e. The van der Waals surface area contributed by atoms with Crippen LogP contribution >= 0.6 is 15.9 Å². The molecule has 11 heteroatoms. The first-order valence-corrected chi connectivity index (χ1v) is 10.8. The van der Waals surface area contributed by atoms with Gasteiger partial charge in [0.05, 0.1) is 20.6 Å². The minimum Gasteiger partial charge on any atom is -0.450 e. The maximum absolute atomic E-state index is 14.1. The van der Waals surface area contributed by atoms with Gasteiger partial charge in [-0.2, -0.15) is 13.2 Å². The number of sulfonamides is 1. The van der Waals surface area contributed by atoms with E-state index in [-0.39, 0.29) is 32.9 Å². The molecule has 3 aromatic carbocycles. The molecule has 0 atom stereocenters. The maximum atomic E-state index is 14.1. The van der Waals surface area contributed by atoms with Crippen molar-refractivity contribution < 1.29 is 35.1 Å². The summed E-state index contributed by atoms with van der Waals surface area (Å²) in [7, 11) is -3.96. The molecule has 0 unspecified atom stereocenters. The molecule has 0 amide bonds. The number of nitrogens with one attached hydrogen (secondary N) is 1. The summed E-state index contributed by atoms with van der Waals surface area (Å²) in [5.41, 5.74) is -0.640. The van der Waals surface area contributed by atoms with Crippen LogP contribution in [0.1, 0.15) is 11.1 Å². The van der Waals surface area contributed by atoms with Crippen LogP contribution in [-0.2, 0) is 16.2 Å². The van der Waals surface area contributed by atoms with Crippen LogP contribution in [0.4, 0.5) is 27.6 Å². The molecular weight excluding hydrogens is 509 g/mol. The van der Waals surface area contributed by atoms with E-state index >= 15 is 0 Å². The van der Waals surface area contributed by atoms with Crippen LogP contribution in [0.15, 0.2) is 64.0 Å². The largest absolute Gasteiger partial charge is 0.450 e. The molecule has 0 aromatic heterocycles. The van der Waals surface area contributed by atoms with Gasteiger partial charge in [-0.05, 0) is 59.3 Å². The van der Waals surface area contributed by atoms with Crippen molar-refractivity contribution in [1.82, 2.24) is 0 Å². The van der Waals surface area contributed by atoms with Crippen molar-refractivity contribution >= 4 is 31.6 Å².